The summed E-state index contributed by atoms with van der Waals surface area (Å²) in [5.41, 5.74) is 2.23. The van der Waals surface area contributed by atoms with E-state index in [9.17, 15) is 0 Å². The number of aromatic nitrogens is 1. The van der Waals surface area contributed by atoms with Crippen LogP contribution < -0.4 is 0 Å². The fraction of sp³-hybridized carbons (Fsp3) is 0.286. The molecule has 0 spiro atoms. The minimum absolute atomic E-state index is 0.722. The molecule has 0 aliphatic carbocycles. The van der Waals surface area contributed by atoms with Crippen molar-refractivity contribution in [2.45, 2.75) is 12.7 Å². The Bertz CT molecular complexity index is 181. The molecule has 0 atom stereocenters. The monoisotopic (exact) mass is 139 g/mol. The van der Waals surface area contributed by atoms with Crippen LogP contribution in [-0.4, -0.2) is 4.98 Å². The maximum absolute atomic E-state index is 4.12. The Kier molecular flexibility index (Phi) is 2.11. The fourth-order valence-electron chi connectivity index (χ4n) is 0.592. The van der Waals surface area contributed by atoms with E-state index in [1.54, 1.807) is 0 Å². The molecule has 1 rings (SSSR count). The van der Waals surface area contributed by atoms with Crippen LogP contribution in [0.2, 0.25) is 0 Å². The lowest BCUT2D eigenvalue weighted by Crippen LogP contribution is -1.83. The second-order valence-corrected chi connectivity index (χ2v) is 2.30. The summed E-state index contributed by atoms with van der Waals surface area (Å²) in [6, 6.07) is 4.03. The van der Waals surface area contributed by atoms with E-state index in [4.69, 9.17) is 0 Å². The van der Waals surface area contributed by atoms with E-state index >= 15 is 0 Å². The first-order valence-electron chi connectivity index (χ1n) is 2.85. The van der Waals surface area contributed by atoms with Gasteiger partial charge in [0.25, 0.3) is 0 Å². The van der Waals surface area contributed by atoms with Crippen LogP contribution in [0.25, 0.3) is 0 Å². The summed E-state index contributed by atoms with van der Waals surface area (Å²) in [6.45, 7) is 2.02. The molecule has 0 N–H and O–H groups in total. The molecule has 1 nitrogen and oxygen atoms in total. The molecule has 2 heteroatoms. The topological polar surface area (TPSA) is 12.9 Å². The Labute approximate surface area is 60.5 Å². The van der Waals surface area contributed by atoms with Gasteiger partial charge in [0, 0.05) is 17.6 Å². The molecule has 0 fully saturated rings. The zero-order chi connectivity index (χ0) is 6.69. The van der Waals surface area contributed by atoms with Crippen molar-refractivity contribution in [2.75, 3.05) is 0 Å². The molecule has 48 valence electrons. The summed E-state index contributed by atoms with van der Waals surface area (Å²) in [5, 5.41) is 0. The summed E-state index contributed by atoms with van der Waals surface area (Å²) in [4.78, 5) is 4.12. The van der Waals surface area contributed by atoms with Gasteiger partial charge in [0.2, 0.25) is 0 Å². The molecule has 0 aliphatic rings. The maximum atomic E-state index is 4.12. The van der Waals surface area contributed by atoms with Crippen LogP contribution >= 0.6 is 12.6 Å². The standard InChI is InChI=1S/C7H9NS/c1-6-2-3-7(5-9)8-4-6/h2-4,9H,5H2,1H3. The van der Waals surface area contributed by atoms with Crippen molar-refractivity contribution >= 4 is 12.6 Å². The third kappa shape index (κ3) is 1.72. The highest BCUT2D eigenvalue weighted by molar-refractivity contribution is 7.79. The summed E-state index contributed by atoms with van der Waals surface area (Å²) in [6.07, 6.45) is 1.85. The number of pyridine rings is 1. The molecule has 0 aliphatic heterocycles. The predicted molar refractivity (Wildman–Crippen MR) is 41.7 cm³/mol. The van der Waals surface area contributed by atoms with Gasteiger partial charge in [-0.25, -0.2) is 0 Å². The normalized spacial score (nSPS) is 9.56. The summed E-state index contributed by atoms with van der Waals surface area (Å²) in [7, 11) is 0. The quantitative estimate of drug-likeness (QED) is 0.585. The van der Waals surface area contributed by atoms with Crippen molar-refractivity contribution in [2.24, 2.45) is 0 Å². The van der Waals surface area contributed by atoms with Crippen LogP contribution in [0.4, 0.5) is 0 Å². The lowest BCUT2D eigenvalue weighted by atomic mass is 10.3. The smallest absolute Gasteiger partial charge is 0.0500 e. The van der Waals surface area contributed by atoms with Gasteiger partial charge in [-0.3, -0.25) is 4.98 Å². The van der Waals surface area contributed by atoms with Crippen LogP contribution in [0.3, 0.4) is 0 Å². The highest BCUT2D eigenvalue weighted by Gasteiger charge is 1.86. The largest absolute Gasteiger partial charge is 0.260 e. The van der Waals surface area contributed by atoms with E-state index in [-0.39, 0.29) is 0 Å². The van der Waals surface area contributed by atoms with E-state index in [1.165, 1.54) is 5.56 Å². The van der Waals surface area contributed by atoms with Crippen molar-refractivity contribution in [1.82, 2.24) is 4.98 Å². The van der Waals surface area contributed by atoms with Gasteiger partial charge in [-0.15, -0.1) is 0 Å². The van der Waals surface area contributed by atoms with Crippen LogP contribution in [0.15, 0.2) is 18.3 Å². The van der Waals surface area contributed by atoms with Crippen LogP contribution in [0, 0.1) is 6.92 Å². The van der Waals surface area contributed by atoms with Gasteiger partial charge in [-0.1, -0.05) is 6.07 Å². The first-order chi connectivity index (χ1) is 4.33. The zero-order valence-corrected chi connectivity index (χ0v) is 6.23. The number of thiol groups is 1. The van der Waals surface area contributed by atoms with Gasteiger partial charge < -0.3 is 0 Å². The Balaban J connectivity index is 2.88. The van der Waals surface area contributed by atoms with Crippen molar-refractivity contribution in [3.05, 3.63) is 29.6 Å². The number of nitrogens with zero attached hydrogens (tertiary/aromatic N) is 1. The van der Waals surface area contributed by atoms with E-state index in [2.05, 4.69) is 17.6 Å². The molecule has 0 bridgehead atoms. The molecule has 0 aromatic carbocycles. The Hall–Kier alpha value is -0.500. The maximum Gasteiger partial charge on any atom is 0.0500 e. The van der Waals surface area contributed by atoms with E-state index < -0.39 is 0 Å². The van der Waals surface area contributed by atoms with E-state index in [0.29, 0.717) is 0 Å². The number of hydrogen-bond donors (Lipinski definition) is 1. The number of aryl methyl sites for hydroxylation is 1. The molecule has 1 aromatic rings. The van der Waals surface area contributed by atoms with Gasteiger partial charge in [0.1, 0.15) is 0 Å². The van der Waals surface area contributed by atoms with Crippen molar-refractivity contribution in [3.8, 4) is 0 Å². The molecule has 9 heavy (non-hydrogen) atoms. The minimum atomic E-state index is 0.722. The van der Waals surface area contributed by atoms with Gasteiger partial charge in [-0.05, 0) is 18.6 Å². The second kappa shape index (κ2) is 2.87. The second-order valence-electron chi connectivity index (χ2n) is 1.99. The molecular formula is C7H9NS. The predicted octanol–water partition coefficient (Wildman–Crippen LogP) is 1.82. The minimum Gasteiger partial charge on any atom is -0.260 e. The van der Waals surface area contributed by atoms with E-state index in [0.717, 1.165) is 11.4 Å². The molecule has 1 aromatic heterocycles. The lowest BCUT2D eigenvalue weighted by molar-refractivity contribution is 1.15. The third-order valence-electron chi connectivity index (χ3n) is 1.13. The molecular weight excluding hydrogens is 130 g/mol. The van der Waals surface area contributed by atoms with Gasteiger partial charge in [-0.2, -0.15) is 12.6 Å². The third-order valence-corrected chi connectivity index (χ3v) is 1.46. The van der Waals surface area contributed by atoms with Gasteiger partial charge in [0.05, 0.1) is 0 Å². The summed E-state index contributed by atoms with van der Waals surface area (Å²) < 4.78 is 0. The number of rotatable bonds is 1. The Morgan fingerprint density at radius 1 is 1.56 bits per heavy atom. The molecule has 0 unspecified atom stereocenters. The highest BCUT2D eigenvalue weighted by Crippen LogP contribution is 1.99. The summed E-state index contributed by atoms with van der Waals surface area (Å²) >= 11 is 4.08. The van der Waals surface area contributed by atoms with E-state index in [1.807, 2.05) is 25.3 Å². The molecule has 0 amide bonds. The number of hydrogen-bond acceptors (Lipinski definition) is 2. The first-order valence-corrected chi connectivity index (χ1v) is 3.48. The molecule has 0 radical (unpaired) electrons. The Morgan fingerprint density at radius 3 is 2.78 bits per heavy atom. The summed E-state index contributed by atoms with van der Waals surface area (Å²) in [5.74, 6) is 0.722. The van der Waals surface area contributed by atoms with Gasteiger partial charge in [0.15, 0.2) is 0 Å². The van der Waals surface area contributed by atoms with Crippen LogP contribution in [0.5, 0.6) is 0 Å². The van der Waals surface area contributed by atoms with Crippen molar-refractivity contribution < 1.29 is 0 Å². The van der Waals surface area contributed by atoms with Crippen molar-refractivity contribution in [1.29, 1.82) is 0 Å². The molecule has 1 heterocycles. The van der Waals surface area contributed by atoms with Crippen molar-refractivity contribution in [3.63, 3.8) is 0 Å². The SMILES string of the molecule is Cc1ccc(CS)nc1. The average Bonchev–Trinajstić information content (AvgIpc) is 1.90. The Morgan fingerprint density at radius 2 is 2.33 bits per heavy atom. The lowest BCUT2D eigenvalue weighted by Gasteiger charge is -1.93. The highest BCUT2D eigenvalue weighted by atomic mass is 32.1. The first kappa shape index (κ1) is 6.62. The average molecular weight is 139 g/mol. The zero-order valence-electron chi connectivity index (χ0n) is 5.33. The van der Waals surface area contributed by atoms with Crippen LogP contribution in [0.1, 0.15) is 11.3 Å². The van der Waals surface area contributed by atoms with Gasteiger partial charge >= 0.3 is 0 Å². The fourth-order valence-corrected chi connectivity index (χ4v) is 0.779. The van der Waals surface area contributed by atoms with Crippen LogP contribution in [-0.2, 0) is 5.75 Å². The molecule has 0 saturated carbocycles. The molecule has 0 saturated heterocycles.